The van der Waals surface area contributed by atoms with Gasteiger partial charge in [-0.3, -0.25) is 4.90 Å². The van der Waals surface area contributed by atoms with Gasteiger partial charge in [0.1, 0.15) is 5.75 Å². The summed E-state index contributed by atoms with van der Waals surface area (Å²) in [5.74, 6) is 0.982. The molecule has 0 saturated carbocycles. The maximum absolute atomic E-state index is 9.45. The minimum atomic E-state index is -0.270. The molecule has 2 rings (SSSR count). The third kappa shape index (κ3) is 2.79. The van der Waals surface area contributed by atoms with Crippen LogP contribution in [0.15, 0.2) is 12.1 Å². The van der Waals surface area contributed by atoms with E-state index in [9.17, 15) is 5.11 Å². The van der Waals surface area contributed by atoms with E-state index in [0.717, 1.165) is 31.8 Å². The van der Waals surface area contributed by atoms with Gasteiger partial charge in [-0.1, -0.05) is 6.07 Å². The van der Waals surface area contributed by atoms with Crippen molar-refractivity contribution in [3.05, 3.63) is 28.8 Å². The Kier molecular flexibility index (Phi) is 3.69. The topological polar surface area (TPSA) is 32.7 Å². The largest absolute Gasteiger partial charge is 0.496 e. The van der Waals surface area contributed by atoms with Gasteiger partial charge in [0.2, 0.25) is 0 Å². The molecule has 0 aromatic heterocycles. The Hall–Kier alpha value is -1.06. The fraction of sp³-hybridized carbons (Fsp3) is 0.571. The Labute approximate surface area is 103 Å². The SMILES string of the molecule is COc1cc(C)cc2c1CN(C[C@H](C)O)CC2. The van der Waals surface area contributed by atoms with Gasteiger partial charge >= 0.3 is 0 Å². The highest BCUT2D eigenvalue weighted by molar-refractivity contribution is 5.44. The van der Waals surface area contributed by atoms with Crippen LogP contribution in [0, 0.1) is 6.92 Å². The van der Waals surface area contributed by atoms with Crippen LogP contribution in [0.1, 0.15) is 23.6 Å². The van der Waals surface area contributed by atoms with Crippen LogP contribution in [0.4, 0.5) is 0 Å². The second kappa shape index (κ2) is 5.07. The first-order valence-corrected chi connectivity index (χ1v) is 6.17. The molecule has 3 nitrogen and oxygen atoms in total. The molecule has 0 radical (unpaired) electrons. The third-order valence-corrected chi connectivity index (χ3v) is 3.27. The van der Waals surface area contributed by atoms with E-state index in [-0.39, 0.29) is 6.10 Å². The van der Waals surface area contributed by atoms with Crippen LogP contribution in [-0.2, 0) is 13.0 Å². The highest BCUT2D eigenvalue weighted by Gasteiger charge is 2.20. The number of aryl methyl sites for hydroxylation is 1. The van der Waals surface area contributed by atoms with Gasteiger partial charge in [0.15, 0.2) is 0 Å². The molecule has 0 saturated heterocycles. The normalized spacial score (nSPS) is 17.6. The van der Waals surface area contributed by atoms with E-state index >= 15 is 0 Å². The molecular weight excluding hydrogens is 214 g/mol. The fourth-order valence-corrected chi connectivity index (χ4v) is 2.55. The molecule has 0 bridgehead atoms. The molecule has 0 amide bonds. The summed E-state index contributed by atoms with van der Waals surface area (Å²) in [6, 6.07) is 4.34. The van der Waals surface area contributed by atoms with Crippen LogP contribution >= 0.6 is 0 Å². The van der Waals surface area contributed by atoms with E-state index in [1.807, 2.05) is 6.92 Å². The number of rotatable bonds is 3. The average molecular weight is 235 g/mol. The molecule has 0 spiro atoms. The molecule has 1 aliphatic heterocycles. The van der Waals surface area contributed by atoms with Gasteiger partial charge in [0, 0.05) is 25.2 Å². The van der Waals surface area contributed by atoms with E-state index in [1.165, 1.54) is 16.7 Å². The summed E-state index contributed by atoms with van der Waals surface area (Å²) in [5.41, 5.74) is 3.93. The molecule has 1 heterocycles. The van der Waals surface area contributed by atoms with Crippen molar-refractivity contribution < 1.29 is 9.84 Å². The van der Waals surface area contributed by atoms with Crippen molar-refractivity contribution in [2.24, 2.45) is 0 Å². The lowest BCUT2D eigenvalue weighted by Gasteiger charge is -2.30. The number of aliphatic hydroxyl groups is 1. The summed E-state index contributed by atoms with van der Waals surface area (Å²) in [4.78, 5) is 2.28. The first kappa shape index (κ1) is 12.4. The number of fused-ring (bicyclic) bond motifs is 1. The van der Waals surface area contributed by atoms with Gasteiger partial charge in [-0.25, -0.2) is 0 Å². The maximum Gasteiger partial charge on any atom is 0.123 e. The highest BCUT2D eigenvalue weighted by Crippen LogP contribution is 2.29. The zero-order valence-corrected chi connectivity index (χ0v) is 10.9. The van der Waals surface area contributed by atoms with Crippen molar-refractivity contribution in [3.63, 3.8) is 0 Å². The number of methoxy groups -OCH3 is 1. The van der Waals surface area contributed by atoms with Crippen molar-refractivity contribution in [2.75, 3.05) is 20.2 Å². The molecule has 94 valence electrons. The molecule has 1 atom stereocenters. The van der Waals surface area contributed by atoms with Crippen LogP contribution in [0.5, 0.6) is 5.75 Å². The first-order chi connectivity index (χ1) is 8.10. The Bertz CT molecular complexity index is 384. The summed E-state index contributed by atoms with van der Waals surface area (Å²) in [6.07, 6.45) is 0.771. The number of nitrogens with zero attached hydrogens (tertiary/aromatic N) is 1. The van der Waals surface area contributed by atoms with E-state index in [4.69, 9.17) is 4.74 Å². The van der Waals surface area contributed by atoms with Crippen molar-refractivity contribution >= 4 is 0 Å². The molecule has 1 aromatic carbocycles. The van der Waals surface area contributed by atoms with Crippen molar-refractivity contribution in [1.82, 2.24) is 4.90 Å². The van der Waals surface area contributed by atoms with Crippen LogP contribution in [0.2, 0.25) is 0 Å². The second-order valence-corrected chi connectivity index (χ2v) is 4.94. The van der Waals surface area contributed by atoms with Crippen molar-refractivity contribution in [3.8, 4) is 5.75 Å². The Morgan fingerprint density at radius 2 is 2.24 bits per heavy atom. The smallest absolute Gasteiger partial charge is 0.123 e. The molecular formula is C14H21NO2. The predicted molar refractivity (Wildman–Crippen MR) is 68.4 cm³/mol. The standard InChI is InChI=1S/C14H21NO2/c1-10-6-12-4-5-15(8-11(2)16)9-13(12)14(7-10)17-3/h6-7,11,16H,4-5,8-9H2,1-3H3/t11-/m0/s1. The van der Waals surface area contributed by atoms with Gasteiger partial charge < -0.3 is 9.84 Å². The fourth-order valence-electron chi connectivity index (χ4n) is 2.55. The minimum Gasteiger partial charge on any atom is -0.496 e. The van der Waals surface area contributed by atoms with Gasteiger partial charge in [0.25, 0.3) is 0 Å². The number of ether oxygens (including phenoxy) is 1. The number of β-amino-alcohol motifs (C(OH)–C–C–N with tert-alkyl or cyclic N) is 1. The molecule has 3 heteroatoms. The molecule has 0 unspecified atom stereocenters. The van der Waals surface area contributed by atoms with Crippen LogP contribution < -0.4 is 4.74 Å². The van der Waals surface area contributed by atoms with Gasteiger partial charge in [-0.2, -0.15) is 0 Å². The minimum absolute atomic E-state index is 0.270. The molecule has 0 fully saturated rings. The van der Waals surface area contributed by atoms with E-state index in [2.05, 4.69) is 24.0 Å². The zero-order valence-electron chi connectivity index (χ0n) is 10.9. The molecule has 1 N–H and O–H groups in total. The monoisotopic (exact) mass is 235 g/mol. The lowest BCUT2D eigenvalue weighted by Crippen LogP contribution is -2.35. The summed E-state index contributed by atoms with van der Waals surface area (Å²) < 4.78 is 5.46. The van der Waals surface area contributed by atoms with Gasteiger partial charge in [-0.05, 0) is 37.5 Å². The van der Waals surface area contributed by atoms with E-state index < -0.39 is 0 Å². The molecule has 1 aliphatic rings. The Morgan fingerprint density at radius 1 is 1.47 bits per heavy atom. The summed E-state index contributed by atoms with van der Waals surface area (Å²) >= 11 is 0. The maximum atomic E-state index is 9.45. The van der Waals surface area contributed by atoms with Gasteiger partial charge in [0.05, 0.1) is 13.2 Å². The quantitative estimate of drug-likeness (QED) is 0.866. The van der Waals surface area contributed by atoms with Crippen LogP contribution in [0.3, 0.4) is 0 Å². The lowest BCUT2D eigenvalue weighted by atomic mass is 9.96. The second-order valence-electron chi connectivity index (χ2n) is 4.94. The van der Waals surface area contributed by atoms with Crippen molar-refractivity contribution in [2.45, 2.75) is 32.9 Å². The average Bonchev–Trinajstić information content (AvgIpc) is 2.27. The van der Waals surface area contributed by atoms with Gasteiger partial charge in [-0.15, -0.1) is 0 Å². The molecule has 0 aliphatic carbocycles. The Morgan fingerprint density at radius 3 is 2.88 bits per heavy atom. The predicted octanol–water partition coefficient (Wildman–Crippen LogP) is 1.74. The number of hydrogen-bond acceptors (Lipinski definition) is 3. The molecule has 1 aromatic rings. The lowest BCUT2D eigenvalue weighted by molar-refractivity contribution is 0.118. The van der Waals surface area contributed by atoms with Crippen LogP contribution in [0.25, 0.3) is 0 Å². The number of benzene rings is 1. The number of hydrogen-bond donors (Lipinski definition) is 1. The first-order valence-electron chi connectivity index (χ1n) is 6.17. The van der Waals surface area contributed by atoms with Crippen LogP contribution in [-0.4, -0.2) is 36.3 Å². The highest BCUT2D eigenvalue weighted by atomic mass is 16.5. The van der Waals surface area contributed by atoms with Crippen molar-refractivity contribution in [1.29, 1.82) is 0 Å². The van der Waals surface area contributed by atoms with E-state index in [1.54, 1.807) is 7.11 Å². The third-order valence-electron chi connectivity index (χ3n) is 3.27. The zero-order chi connectivity index (χ0) is 12.4. The summed E-state index contributed by atoms with van der Waals surface area (Å²) in [7, 11) is 1.72. The Balaban J connectivity index is 2.24. The molecule has 17 heavy (non-hydrogen) atoms. The van der Waals surface area contributed by atoms with E-state index in [0.29, 0.717) is 0 Å². The number of aliphatic hydroxyl groups excluding tert-OH is 1. The summed E-state index contributed by atoms with van der Waals surface area (Å²) in [5, 5.41) is 9.45. The summed E-state index contributed by atoms with van der Waals surface area (Å²) in [6.45, 7) is 6.57.